The van der Waals surface area contributed by atoms with E-state index in [1.165, 1.54) is 11.1 Å². The molecule has 0 amide bonds. The standard InChI is InChI=1S/C17H17Br2Cl/c1-3-11(2)12-4-6-13(7-5-12)17(19)15-10-14(20)8-9-16(15)18/h4-11,17H,3H2,1-2H3. The van der Waals surface area contributed by atoms with E-state index < -0.39 is 0 Å². The highest BCUT2D eigenvalue weighted by Crippen LogP contribution is 2.37. The van der Waals surface area contributed by atoms with E-state index in [1.807, 2.05) is 18.2 Å². The van der Waals surface area contributed by atoms with Crippen LogP contribution in [-0.2, 0) is 0 Å². The Morgan fingerprint density at radius 2 is 1.65 bits per heavy atom. The van der Waals surface area contributed by atoms with E-state index in [-0.39, 0.29) is 4.83 Å². The van der Waals surface area contributed by atoms with E-state index in [4.69, 9.17) is 11.6 Å². The fraction of sp³-hybridized carbons (Fsp3) is 0.294. The van der Waals surface area contributed by atoms with Crippen molar-refractivity contribution in [1.82, 2.24) is 0 Å². The van der Waals surface area contributed by atoms with Crippen molar-refractivity contribution in [2.45, 2.75) is 31.0 Å². The minimum atomic E-state index is 0.140. The second-order valence-corrected chi connectivity index (χ2v) is 7.21. The van der Waals surface area contributed by atoms with E-state index >= 15 is 0 Å². The van der Waals surface area contributed by atoms with Gasteiger partial charge >= 0.3 is 0 Å². The number of alkyl halides is 1. The zero-order valence-corrected chi connectivity index (χ0v) is 15.5. The largest absolute Gasteiger partial charge is 0.0843 e. The molecule has 0 aromatic heterocycles. The summed E-state index contributed by atoms with van der Waals surface area (Å²) in [5.74, 6) is 0.607. The fourth-order valence-corrected chi connectivity index (χ4v) is 3.76. The predicted octanol–water partition coefficient (Wildman–Crippen LogP) is 7.10. The molecule has 0 heterocycles. The fourth-order valence-electron chi connectivity index (χ4n) is 2.12. The second-order valence-electron chi connectivity index (χ2n) is 5.00. The maximum absolute atomic E-state index is 6.09. The van der Waals surface area contributed by atoms with Crippen molar-refractivity contribution in [2.24, 2.45) is 0 Å². The molecule has 0 fully saturated rings. The lowest BCUT2D eigenvalue weighted by molar-refractivity contribution is 0.733. The van der Waals surface area contributed by atoms with Gasteiger partial charge in [-0.25, -0.2) is 0 Å². The Bertz CT molecular complexity index is 578. The van der Waals surface area contributed by atoms with Crippen LogP contribution in [0, 0.1) is 0 Å². The predicted molar refractivity (Wildman–Crippen MR) is 95.1 cm³/mol. The highest BCUT2D eigenvalue weighted by atomic mass is 79.9. The molecule has 3 heteroatoms. The lowest BCUT2D eigenvalue weighted by atomic mass is 9.96. The van der Waals surface area contributed by atoms with Gasteiger partial charge in [0.15, 0.2) is 0 Å². The topological polar surface area (TPSA) is 0 Å². The summed E-state index contributed by atoms with van der Waals surface area (Å²) in [4.78, 5) is 0.140. The quantitative estimate of drug-likeness (QED) is 0.466. The minimum Gasteiger partial charge on any atom is -0.0843 e. The highest BCUT2D eigenvalue weighted by Gasteiger charge is 2.14. The molecule has 2 aromatic carbocycles. The van der Waals surface area contributed by atoms with Gasteiger partial charge in [-0.1, -0.05) is 81.6 Å². The first kappa shape index (κ1) is 16.1. The molecule has 106 valence electrons. The molecule has 0 nitrogen and oxygen atoms in total. The van der Waals surface area contributed by atoms with Gasteiger partial charge in [0.05, 0.1) is 4.83 Å². The zero-order chi connectivity index (χ0) is 14.7. The Hall–Kier alpha value is -0.310. The van der Waals surface area contributed by atoms with Crippen LogP contribution in [0.3, 0.4) is 0 Å². The summed E-state index contributed by atoms with van der Waals surface area (Å²) in [6.07, 6.45) is 1.16. The van der Waals surface area contributed by atoms with Gasteiger partial charge < -0.3 is 0 Å². The van der Waals surface area contributed by atoms with Crippen LogP contribution >= 0.6 is 43.5 Å². The van der Waals surface area contributed by atoms with Crippen molar-refractivity contribution in [3.63, 3.8) is 0 Å². The molecule has 0 bridgehead atoms. The van der Waals surface area contributed by atoms with E-state index in [9.17, 15) is 0 Å². The van der Waals surface area contributed by atoms with Crippen molar-refractivity contribution in [3.8, 4) is 0 Å². The molecule has 0 spiro atoms. The number of hydrogen-bond donors (Lipinski definition) is 0. The summed E-state index contributed by atoms with van der Waals surface area (Å²) in [5.41, 5.74) is 3.77. The average Bonchev–Trinajstić information content (AvgIpc) is 2.48. The third-order valence-electron chi connectivity index (χ3n) is 3.64. The minimum absolute atomic E-state index is 0.140. The summed E-state index contributed by atoms with van der Waals surface area (Å²) < 4.78 is 1.06. The van der Waals surface area contributed by atoms with Crippen molar-refractivity contribution in [1.29, 1.82) is 0 Å². The summed E-state index contributed by atoms with van der Waals surface area (Å²) in [5, 5.41) is 0.754. The van der Waals surface area contributed by atoms with Crippen molar-refractivity contribution in [3.05, 3.63) is 68.7 Å². The summed E-state index contributed by atoms with van der Waals surface area (Å²) in [7, 11) is 0. The number of benzene rings is 2. The first-order chi connectivity index (χ1) is 9.52. The normalized spacial score (nSPS) is 14.1. The molecule has 0 saturated heterocycles. The number of hydrogen-bond acceptors (Lipinski definition) is 0. The lowest BCUT2D eigenvalue weighted by Crippen LogP contribution is -1.96. The van der Waals surface area contributed by atoms with Gasteiger partial charge in [0, 0.05) is 9.50 Å². The van der Waals surface area contributed by atoms with Crippen LogP contribution in [0.25, 0.3) is 0 Å². The van der Waals surface area contributed by atoms with Crippen LogP contribution in [-0.4, -0.2) is 0 Å². The van der Waals surface area contributed by atoms with Crippen molar-refractivity contribution >= 4 is 43.5 Å². The molecule has 0 aliphatic rings. The summed E-state index contributed by atoms with van der Waals surface area (Å²) in [6, 6.07) is 14.7. The first-order valence-electron chi connectivity index (χ1n) is 6.71. The van der Waals surface area contributed by atoms with Gasteiger partial charge in [-0.2, -0.15) is 0 Å². The van der Waals surface area contributed by atoms with Crippen LogP contribution < -0.4 is 0 Å². The van der Waals surface area contributed by atoms with Gasteiger partial charge in [0.2, 0.25) is 0 Å². The monoisotopic (exact) mass is 414 g/mol. The average molecular weight is 417 g/mol. The molecule has 0 aliphatic heterocycles. The molecular weight excluding hydrogens is 399 g/mol. The number of rotatable bonds is 4. The van der Waals surface area contributed by atoms with E-state index in [0.29, 0.717) is 5.92 Å². The number of halogens is 3. The van der Waals surface area contributed by atoms with Gasteiger partial charge in [0.1, 0.15) is 0 Å². The molecule has 0 aliphatic carbocycles. The Morgan fingerprint density at radius 3 is 2.25 bits per heavy atom. The molecule has 0 saturated carbocycles. The smallest absolute Gasteiger partial charge is 0.0656 e. The van der Waals surface area contributed by atoms with E-state index in [2.05, 4.69) is 70.0 Å². The molecule has 2 aromatic rings. The summed E-state index contributed by atoms with van der Waals surface area (Å²) >= 11 is 13.4. The van der Waals surface area contributed by atoms with Crippen LogP contribution in [0.5, 0.6) is 0 Å². The van der Waals surface area contributed by atoms with Gasteiger partial charge in [0.25, 0.3) is 0 Å². The Balaban J connectivity index is 2.29. The highest BCUT2D eigenvalue weighted by molar-refractivity contribution is 9.11. The van der Waals surface area contributed by atoms with Crippen molar-refractivity contribution < 1.29 is 0 Å². The molecule has 0 radical (unpaired) electrons. The zero-order valence-electron chi connectivity index (χ0n) is 11.5. The molecule has 20 heavy (non-hydrogen) atoms. The van der Waals surface area contributed by atoms with Gasteiger partial charge in [-0.15, -0.1) is 0 Å². The van der Waals surface area contributed by atoms with Crippen LogP contribution in [0.4, 0.5) is 0 Å². The SMILES string of the molecule is CCC(C)c1ccc(C(Br)c2cc(Cl)ccc2Br)cc1. The molecule has 2 rings (SSSR count). The maximum atomic E-state index is 6.09. The summed E-state index contributed by atoms with van der Waals surface area (Å²) in [6.45, 7) is 4.48. The Morgan fingerprint density at radius 1 is 1.05 bits per heavy atom. The Labute approximate surface area is 142 Å². The molecule has 0 N–H and O–H groups in total. The third-order valence-corrected chi connectivity index (χ3v) is 5.62. The van der Waals surface area contributed by atoms with E-state index in [1.54, 1.807) is 0 Å². The lowest BCUT2D eigenvalue weighted by Gasteiger charge is -2.15. The third kappa shape index (κ3) is 3.66. The van der Waals surface area contributed by atoms with Crippen molar-refractivity contribution in [2.75, 3.05) is 0 Å². The van der Waals surface area contributed by atoms with Gasteiger partial charge in [-0.05, 0) is 47.2 Å². The maximum Gasteiger partial charge on any atom is 0.0656 e. The molecular formula is C17H17Br2Cl. The Kier molecular flexibility index (Phi) is 5.71. The second kappa shape index (κ2) is 7.11. The van der Waals surface area contributed by atoms with Crippen LogP contribution in [0.15, 0.2) is 46.9 Å². The van der Waals surface area contributed by atoms with Gasteiger partial charge in [-0.3, -0.25) is 0 Å². The molecule has 2 unspecified atom stereocenters. The van der Waals surface area contributed by atoms with E-state index in [0.717, 1.165) is 21.5 Å². The van der Waals surface area contributed by atoms with Crippen LogP contribution in [0.1, 0.15) is 47.7 Å². The first-order valence-corrected chi connectivity index (χ1v) is 8.80. The molecule has 2 atom stereocenters. The van der Waals surface area contributed by atoms with Crippen LogP contribution in [0.2, 0.25) is 5.02 Å².